The molecule has 0 N–H and O–H groups in total. The predicted octanol–water partition coefficient (Wildman–Crippen LogP) is 3.29. The van der Waals surface area contributed by atoms with E-state index in [2.05, 4.69) is 15.2 Å². The SMILES string of the molecule is COc1ccc(-c2nc(COC(=O)c3cnn(-c4ccccc4)c3)no2)cc1. The molecule has 0 aliphatic heterocycles. The summed E-state index contributed by atoms with van der Waals surface area (Å²) in [6.07, 6.45) is 3.06. The molecule has 8 heteroatoms. The standard InChI is InChI=1S/C20H16N4O4/c1-26-17-9-7-14(8-10-17)19-22-18(23-28-19)13-27-20(25)15-11-21-24(12-15)16-5-3-2-4-6-16/h2-12H,13H2,1H3. The quantitative estimate of drug-likeness (QED) is 0.477. The third-order valence-corrected chi connectivity index (χ3v) is 3.98. The van der Waals surface area contributed by atoms with Crippen molar-refractivity contribution in [3.63, 3.8) is 0 Å². The van der Waals surface area contributed by atoms with Crippen LogP contribution in [0.1, 0.15) is 16.2 Å². The molecule has 28 heavy (non-hydrogen) atoms. The Bertz CT molecular complexity index is 1070. The summed E-state index contributed by atoms with van der Waals surface area (Å²) in [5, 5.41) is 8.01. The molecule has 0 unspecified atom stereocenters. The lowest BCUT2D eigenvalue weighted by Gasteiger charge is -2.00. The minimum Gasteiger partial charge on any atom is -0.497 e. The lowest BCUT2D eigenvalue weighted by molar-refractivity contribution is 0.0459. The van der Waals surface area contributed by atoms with E-state index >= 15 is 0 Å². The van der Waals surface area contributed by atoms with E-state index in [1.165, 1.54) is 6.20 Å². The number of rotatable bonds is 6. The highest BCUT2D eigenvalue weighted by Crippen LogP contribution is 2.21. The summed E-state index contributed by atoms with van der Waals surface area (Å²) in [4.78, 5) is 16.5. The van der Waals surface area contributed by atoms with Crippen LogP contribution in [0, 0.1) is 0 Å². The predicted molar refractivity (Wildman–Crippen MR) is 99.0 cm³/mol. The van der Waals surface area contributed by atoms with Gasteiger partial charge in [0.05, 0.1) is 24.6 Å². The smallest absolute Gasteiger partial charge is 0.341 e. The fourth-order valence-electron chi connectivity index (χ4n) is 2.53. The van der Waals surface area contributed by atoms with Gasteiger partial charge in [-0.25, -0.2) is 9.48 Å². The average Bonchev–Trinajstić information content (AvgIpc) is 3.43. The van der Waals surface area contributed by atoms with Crippen LogP contribution in [0.5, 0.6) is 5.75 Å². The van der Waals surface area contributed by atoms with E-state index < -0.39 is 5.97 Å². The number of carbonyl (C=O) groups excluding carboxylic acids is 1. The molecule has 0 amide bonds. The molecule has 0 fully saturated rings. The Kier molecular flexibility index (Phi) is 4.83. The van der Waals surface area contributed by atoms with Gasteiger partial charge in [-0.2, -0.15) is 10.1 Å². The molecule has 0 atom stereocenters. The lowest BCUT2D eigenvalue weighted by Crippen LogP contribution is -2.05. The van der Waals surface area contributed by atoms with Crippen LogP contribution in [0.2, 0.25) is 0 Å². The van der Waals surface area contributed by atoms with E-state index in [0.717, 1.165) is 17.0 Å². The highest BCUT2D eigenvalue weighted by molar-refractivity contribution is 5.88. The third kappa shape index (κ3) is 3.75. The average molecular weight is 376 g/mol. The number of aromatic nitrogens is 4. The van der Waals surface area contributed by atoms with Gasteiger partial charge in [0.2, 0.25) is 5.82 Å². The van der Waals surface area contributed by atoms with Gasteiger partial charge < -0.3 is 14.0 Å². The number of hydrogen-bond acceptors (Lipinski definition) is 7. The summed E-state index contributed by atoms with van der Waals surface area (Å²) >= 11 is 0. The fraction of sp³-hybridized carbons (Fsp3) is 0.100. The number of hydrogen-bond donors (Lipinski definition) is 0. The minimum atomic E-state index is -0.516. The summed E-state index contributed by atoms with van der Waals surface area (Å²) in [6, 6.07) is 16.7. The maximum atomic E-state index is 12.2. The van der Waals surface area contributed by atoms with Crippen LogP contribution < -0.4 is 4.74 Å². The molecular weight excluding hydrogens is 360 g/mol. The monoisotopic (exact) mass is 376 g/mol. The first-order valence-electron chi connectivity index (χ1n) is 8.47. The molecule has 0 saturated heterocycles. The Morgan fingerprint density at radius 3 is 2.64 bits per heavy atom. The van der Waals surface area contributed by atoms with Crippen LogP contribution in [0.4, 0.5) is 0 Å². The van der Waals surface area contributed by atoms with E-state index in [9.17, 15) is 4.79 Å². The van der Waals surface area contributed by atoms with Gasteiger partial charge in [0, 0.05) is 11.8 Å². The molecule has 140 valence electrons. The molecule has 2 heterocycles. The molecule has 2 aromatic carbocycles. The lowest BCUT2D eigenvalue weighted by atomic mass is 10.2. The van der Waals surface area contributed by atoms with Crippen LogP contribution in [0.15, 0.2) is 71.5 Å². The number of methoxy groups -OCH3 is 1. The fourth-order valence-corrected chi connectivity index (χ4v) is 2.53. The van der Waals surface area contributed by atoms with Crippen LogP contribution >= 0.6 is 0 Å². The minimum absolute atomic E-state index is 0.102. The molecule has 4 aromatic rings. The summed E-state index contributed by atoms with van der Waals surface area (Å²) in [7, 11) is 1.59. The van der Waals surface area contributed by atoms with Gasteiger partial charge in [0.25, 0.3) is 5.89 Å². The number of para-hydroxylation sites is 1. The highest BCUT2D eigenvalue weighted by atomic mass is 16.5. The maximum Gasteiger partial charge on any atom is 0.341 e. The Morgan fingerprint density at radius 1 is 1.11 bits per heavy atom. The van der Waals surface area contributed by atoms with Crippen molar-refractivity contribution in [1.82, 2.24) is 19.9 Å². The van der Waals surface area contributed by atoms with Gasteiger partial charge in [-0.1, -0.05) is 23.4 Å². The normalized spacial score (nSPS) is 10.6. The van der Waals surface area contributed by atoms with E-state index in [1.54, 1.807) is 42.3 Å². The summed E-state index contributed by atoms with van der Waals surface area (Å²) in [5.41, 5.74) is 1.93. The van der Waals surface area contributed by atoms with Crippen molar-refractivity contribution in [2.24, 2.45) is 0 Å². The zero-order valence-corrected chi connectivity index (χ0v) is 15.0. The first-order chi connectivity index (χ1) is 13.7. The first kappa shape index (κ1) is 17.5. The highest BCUT2D eigenvalue weighted by Gasteiger charge is 2.14. The number of benzene rings is 2. The van der Waals surface area contributed by atoms with Crippen LogP contribution in [0.25, 0.3) is 17.1 Å². The molecule has 2 aromatic heterocycles. The largest absolute Gasteiger partial charge is 0.497 e. The van der Waals surface area contributed by atoms with Gasteiger partial charge in [0.15, 0.2) is 6.61 Å². The molecule has 0 radical (unpaired) electrons. The molecule has 0 saturated carbocycles. The molecule has 0 bridgehead atoms. The topological polar surface area (TPSA) is 92.3 Å². The van der Waals surface area contributed by atoms with Crippen molar-refractivity contribution in [3.05, 3.63) is 78.4 Å². The molecular formula is C20H16N4O4. The van der Waals surface area contributed by atoms with E-state index in [-0.39, 0.29) is 12.4 Å². The molecule has 0 aliphatic carbocycles. The molecule has 0 spiro atoms. The first-order valence-corrected chi connectivity index (χ1v) is 8.47. The van der Waals surface area contributed by atoms with Gasteiger partial charge in [0.1, 0.15) is 5.75 Å². The van der Waals surface area contributed by atoms with Gasteiger partial charge in [-0.05, 0) is 36.4 Å². The van der Waals surface area contributed by atoms with Crippen molar-refractivity contribution in [1.29, 1.82) is 0 Å². The van der Waals surface area contributed by atoms with Gasteiger partial charge >= 0.3 is 5.97 Å². The number of nitrogens with zero attached hydrogens (tertiary/aromatic N) is 4. The Balaban J connectivity index is 1.39. The Morgan fingerprint density at radius 2 is 1.89 bits per heavy atom. The van der Waals surface area contributed by atoms with Crippen molar-refractivity contribution in [2.75, 3.05) is 7.11 Å². The number of carbonyl (C=O) groups is 1. The van der Waals surface area contributed by atoms with Crippen LogP contribution in [-0.2, 0) is 11.3 Å². The second-order valence-corrected chi connectivity index (χ2v) is 5.83. The maximum absolute atomic E-state index is 12.2. The Labute approximate surface area is 160 Å². The van der Waals surface area contributed by atoms with E-state index in [1.807, 2.05) is 30.3 Å². The number of ether oxygens (including phenoxy) is 2. The van der Waals surface area contributed by atoms with Crippen LogP contribution in [0.3, 0.4) is 0 Å². The summed E-state index contributed by atoms with van der Waals surface area (Å²) < 4.78 is 17.2. The van der Waals surface area contributed by atoms with Gasteiger partial charge in [-0.15, -0.1) is 0 Å². The Hall–Kier alpha value is -3.94. The van der Waals surface area contributed by atoms with E-state index in [0.29, 0.717) is 11.5 Å². The second kappa shape index (κ2) is 7.75. The van der Waals surface area contributed by atoms with Crippen molar-refractivity contribution in [2.45, 2.75) is 6.61 Å². The zero-order chi connectivity index (χ0) is 19.3. The van der Waals surface area contributed by atoms with Crippen molar-refractivity contribution < 1.29 is 18.8 Å². The molecule has 8 nitrogen and oxygen atoms in total. The van der Waals surface area contributed by atoms with Gasteiger partial charge in [-0.3, -0.25) is 0 Å². The zero-order valence-electron chi connectivity index (χ0n) is 15.0. The van der Waals surface area contributed by atoms with Crippen molar-refractivity contribution in [3.8, 4) is 22.9 Å². The second-order valence-electron chi connectivity index (χ2n) is 5.83. The summed E-state index contributed by atoms with van der Waals surface area (Å²) in [5.74, 6) is 0.826. The third-order valence-electron chi connectivity index (χ3n) is 3.98. The molecule has 0 aliphatic rings. The molecule has 4 rings (SSSR count). The van der Waals surface area contributed by atoms with Crippen molar-refractivity contribution >= 4 is 5.97 Å². The van der Waals surface area contributed by atoms with Crippen LogP contribution in [-0.4, -0.2) is 33.0 Å². The summed E-state index contributed by atoms with van der Waals surface area (Å²) in [6.45, 7) is -0.102. The van der Waals surface area contributed by atoms with E-state index in [4.69, 9.17) is 14.0 Å². The number of esters is 1.